The van der Waals surface area contributed by atoms with Crippen molar-refractivity contribution in [2.45, 2.75) is 44.4 Å². The van der Waals surface area contributed by atoms with E-state index < -0.39 is 11.8 Å². The largest absolute Gasteiger partial charge is 0.384 e. The number of nitrogens with two attached hydrogens (primary N) is 1. The van der Waals surface area contributed by atoms with Crippen LogP contribution in [0, 0.1) is 12.8 Å². The van der Waals surface area contributed by atoms with Gasteiger partial charge in [0, 0.05) is 12.0 Å². The van der Waals surface area contributed by atoms with E-state index in [2.05, 4.69) is 20.6 Å². The van der Waals surface area contributed by atoms with Gasteiger partial charge in [0.15, 0.2) is 0 Å². The number of amides is 1. The van der Waals surface area contributed by atoms with E-state index in [9.17, 15) is 14.0 Å². The van der Waals surface area contributed by atoms with E-state index in [0.29, 0.717) is 29.9 Å². The number of aryl methyl sites for hydroxylation is 1. The van der Waals surface area contributed by atoms with Gasteiger partial charge in [0.05, 0.1) is 0 Å². The third-order valence-corrected chi connectivity index (χ3v) is 5.92. The molecule has 2 aromatic rings. The number of rotatable bonds is 3. The van der Waals surface area contributed by atoms with Gasteiger partial charge in [0.1, 0.15) is 41.2 Å². The molecule has 2 aromatic heterocycles. The van der Waals surface area contributed by atoms with Crippen molar-refractivity contribution >= 4 is 23.2 Å². The van der Waals surface area contributed by atoms with Crippen molar-refractivity contribution in [3.05, 3.63) is 51.7 Å². The number of hydrogen-bond acceptors (Lipinski definition) is 6. The highest BCUT2D eigenvalue weighted by Gasteiger charge is 2.48. The number of hydrogen-bond donors (Lipinski definition) is 3. The lowest BCUT2D eigenvalue weighted by Gasteiger charge is -2.33. The number of nitrogen functional groups attached to an aromatic ring is 1. The molecule has 0 saturated heterocycles. The third kappa shape index (κ3) is 2.80. The minimum Gasteiger partial charge on any atom is -0.384 e. The Labute approximate surface area is 166 Å². The molecule has 1 aliphatic heterocycles. The molecule has 3 atom stereocenters. The summed E-state index contributed by atoms with van der Waals surface area (Å²) in [6.07, 6.45) is 5.08. The summed E-state index contributed by atoms with van der Waals surface area (Å²) in [5.74, 6) is 0.288. The lowest BCUT2D eigenvalue weighted by atomic mass is 9.88. The zero-order valence-corrected chi connectivity index (χ0v) is 15.9. The maximum Gasteiger partial charge on any atom is 0.277 e. The first-order valence-electron chi connectivity index (χ1n) is 9.68. The molecule has 3 aliphatic rings. The lowest BCUT2D eigenvalue weighted by molar-refractivity contribution is 0.0931. The number of nitrogens with zero attached hydrogens (tertiary/aromatic N) is 3. The Morgan fingerprint density at radius 1 is 1.34 bits per heavy atom. The Balaban J connectivity index is 1.64. The molecule has 5 rings (SSSR count). The van der Waals surface area contributed by atoms with Crippen molar-refractivity contribution in [1.82, 2.24) is 19.9 Å². The molecule has 8 nitrogen and oxygen atoms in total. The lowest BCUT2D eigenvalue weighted by Crippen LogP contribution is -2.47. The van der Waals surface area contributed by atoms with Crippen molar-refractivity contribution in [2.24, 2.45) is 5.92 Å². The summed E-state index contributed by atoms with van der Waals surface area (Å²) in [4.78, 5) is 34.1. The number of fused-ring (bicyclic) bond motifs is 2. The van der Waals surface area contributed by atoms with Crippen LogP contribution < -0.4 is 21.9 Å². The van der Waals surface area contributed by atoms with Crippen LogP contribution >= 0.6 is 0 Å². The molecule has 1 spiro atoms. The molecule has 3 unspecified atom stereocenters. The summed E-state index contributed by atoms with van der Waals surface area (Å²) in [6, 6.07) is 3.16. The van der Waals surface area contributed by atoms with Crippen LogP contribution in [0.1, 0.15) is 41.7 Å². The Hall–Kier alpha value is -3.23. The van der Waals surface area contributed by atoms with Gasteiger partial charge in [-0.3, -0.25) is 14.2 Å². The predicted molar refractivity (Wildman–Crippen MR) is 106 cm³/mol. The van der Waals surface area contributed by atoms with Gasteiger partial charge in [-0.1, -0.05) is 5.57 Å². The fourth-order valence-corrected chi connectivity index (χ4v) is 4.51. The van der Waals surface area contributed by atoms with E-state index in [0.717, 1.165) is 18.4 Å². The van der Waals surface area contributed by atoms with Crippen molar-refractivity contribution < 1.29 is 9.18 Å². The van der Waals surface area contributed by atoms with Crippen LogP contribution in [0.3, 0.4) is 0 Å². The Bertz CT molecular complexity index is 1130. The smallest absolute Gasteiger partial charge is 0.277 e. The standard InChI is InChI=1S/C20H21FN6O2/c1-10-5-14(25-16-7-15(22)23-9-24-16)19(29)27-17(10)18(28)26-20(27)4-2-3-11(8-20)12-6-13(12)21/h5,7-9,12-13H,2-4,6H2,1H3,(H,26,28)(H3,22,23,24,25). The van der Waals surface area contributed by atoms with Gasteiger partial charge in [0.25, 0.3) is 11.5 Å². The second kappa shape index (κ2) is 6.13. The van der Waals surface area contributed by atoms with Crippen LogP contribution in [-0.2, 0) is 5.66 Å². The number of pyridine rings is 1. The van der Waals surface area contributed by atoms with Crippen LogP contribution in [0.5, 0.6) is 0 Å². The molecule has 0 aromatic carbocycles. The third-order valence-electron chi connectivity index (χ3n) is 5.92. The van der Waals surface area contributed by atoms with Crippen LogP contribution in [0.15, 0.2) is 34.9 Å². The molecule has 0 bridgehead atoms. The van der Waals surface area contributed by atoms with Gasteiger partial charge in [0.2, 0.25) is 0 Å². The first-order chi connectivity index (χ1) is 13.9. The van der Waals surface area contributed by atoms with E-state index in [4.69, 9.17) is 5.73 Å². The second-order valence-electron chi connectivity index (χ2n) is 7.99. The molecular formula is C20H21FN6O2. The van der Waals surface area contributed by atoms with Gasteiger partial charge in [-0.15, -0.1) is 0 Å². The van der Waals surface area contributed by atoms with Crippen LogP contribution in [0.25, 0.3) is 0 Å². The van der Waals surface area contributed by atoms with Gasteiger partial charge in [-0.05, 0) is 50.3 Å². The molecule has 1 fully saturated rings. The molecule has 1 amide bonds. The minimum atomic E-state index is -0.952. The molecule has 2 aliphatic carbocycles. The summed E-state index contributed by atoms with van der Waals surface area (Å²) in [5, 5.41) is 5.99. The highest BCUT2D eigenvalue weighted by Crippen LogP contribution is 2.47. The Kier molecular flexibility index (Phi) is 3.77. The first-order valence-corrected chi connectivity index (χ1v) is 9.68. The average Bonchev–Trinajstić information content (AvgIpc) is 3.33. The summed E-state index contributed by atoms with van der Waals surface area (Å²) >= 11 is 0. The highest BCUT2D eigenvalue weighted by atomic mass is 19.1. The zero-order chi connectivity index (χ0) is 20.3. The van der Waals surface area contributed by atoms with Crippen LogP contribution in [0.2, 0.25) is 0 Å². The first kappa shape index (κ1) is 17.8. The highest BCUT2D eigenvalue weighted by molar-refractivity contribution is 5.97. The Morgan fingerprint density at radius 2 is 2.14 bits per heavy atom. The molecule has 1 saturated carbocycles. The van der Waals surface area contributed by atoms with Crippen molar-refractivity contribution in [3.8, 4) is 0 Å². The monoisotopic (exact) mass is 396 g/mol. The molecule has 150 valence electrons. The predicted octanol–water partition coefficient (Wildman–Crippen LogP) is 2.14. The van der Waals surface area contributed by atoms with E-state index in [1.807, 2.05) is 6.08 Å². The normalized spacial score (nSPS) is 27.4. The number of allylic oxidation sites excluding steroid dienone is 1. The number of anilines is 3. The van der Waals surface area contributed by atoms with Crippen LogP contribution in [0.4, 0.5) is 21.7 Å². The fourth-order valence-electron chi connectivity index (χ4n) is 4.51. The molecular weight excluding hydrogens is 375 g/mol. The molecule has 3 heterocycles. The number of halogens is 1. The molecule has 9 heteroatoms. The zero-order valence-electron chi connectivity index (χ0n) is 15.9. The summed E-state index contributed by atoms with van der Waals surface area (Å²) in [5.41, 5.74) is 6.68. The summed E-state index contributed by atoms with van der Waals surface area (Å²) < 4.78 is 15.2. The minimum absolute atomic E-state index is 0.0878. The summed E-state index contributed by atoms with van der Waals surface area (Å²) in [7, 11) is 0. The van der Waals surface area contributed by atoms with E-state index >= 15 is 0 Å². The SMILES string of the molecule is Cc1cc(Nc2cc(N)ncn2)c(=O)n2c1C(=O)NC21C=C(C2CC2F)CCC1. The number of aromatic nitrogens is 3. The van der Waals surface area contributed by atoms with Gasteiger partial charge in [-0.25, -0.2) is 14.4 Å². The van der Waals surface area contributed by atoms with E-state index in [1.54, 1.807) is 13.0 Å². The maximum absolute atomic E-state index is 13.7. The van der Waals surface area contributed by atoms with Crippen molar-refractivity contribution in [3.63, 3.8) is 0 Å². The number of carbonyl (C=O) groups is 1. The van der Waals surface area contributed by atoms with Gasteiger partial charge >= 0.3 is 0 Å². The second-order valence-corrected chi connectivity index (χ2v) is 7.99. The van der Waals surface area contributed by atoms with Crippen LogP contribution in [-0.4, -0.2) is 26.6 Å². The van der Waals surface area contributed by atoms with E-state index in [1.165, 1.54) is 17.0 Å². The number of nitrogens with one attached hydrogen (secondary N) is 2. The quantitative estimate of drug-likeness (QED) is 0.685. The topological polar surface area (TPSA) is 115 Å². The molecule has 0 radical (unpaired) electrons. The van der Waals surface area contributed by atoms with Gasteiger partial charge in [-0.2, -0.15) is 0 Å². The average molecular weight is 396 g/mol. The number of carbonyl (C=O) groups excluding carboxylic acids is 1. The maximum atomic E-state index is 13.7. The molecule has 29 heavy (non-hydrogen) atoms. The Morgan fingerprint density at radius 3 is 2.86 bits per heavy atom. The fraction of sp³-hybridized carbons (Fsp3) is 0.400. The number of alkyl halides is 1. The van der Waals surface area contributed by atoms with E-state index in [-0.39, 0.29) is 28.9 Å². The molecule has 4 N–H and O–H groups in total. The van der Waals surface area contributed by atoms with Crippen molar-refractivity contribution in [2.75, 3.05) is 11.1 Å². The summed E-state index contributed by atoms with van der Waals surface area (Å²) in [6.45, 7) is 1.79. The van der Waals surface area contributed by atoms with Crippen molar-refractivity contribution in [1.29, 1.82) is 0 Å². The van der Waals surface area contributed by atoms with Gasteiger partial charge < -0.3 is 16.4 Å².